The maximum atomic E-state index is 13.5. The minimum atomic E-state index is -0.836. The second-order valence-corrected chi connectivity index (χ2v) is 8.57. The van der Waals surface area contributed by atoms with Gasteiger partial charge in [0, 0.05) is 76.5 Å². The topological polar surface area (TPSA) is 76.6 Å². The summed E-state index contributed by atoms with van der Waals surface area (Å²) in [6, 6.07) is 5.64. The molecule has 0 saturated carbocycles. The lowest BCUT2D eigenvalue weighted by Crippen LogP contribution is -2.47. The molecular weight excluding hydrogens is 428 g/mol. The van der Waals surface area contributed by atoms with Crippen LogP contribution in [0, 0.1) is 17.6 Å². The van der Waals surface area contributed by atoms with Crippen LogP contribution in [0.5, 0.6) is 0 Å². The molecule has 2 aliphatic rings. The number of urea groups is 1. The first kappa shape index (κ1) is 23.2. The van der Waals surface area contributed by atoms with Crippen LogP contribution in [-0.4, -0.2) is 79.8 Å². The van der Waals surface area contributed by atoms with Crippen molar-refractivity contribution in [1.82, 2.24) is 25.5 Å². The Morgan fingerprint density at radius 3 is 2.55 bits per heavy atom. The lowest BCUT2D eigenvalue weighted by atomic mass is 10.1. The summed E-state index contributed by atoms with van der Waals surface area (Å²) in [6.45, 7) is 7.33. The number of nitrogens with zero attached hydrogens (tertiary/aromatic N) is 5. The van der Waals surface area contributed by atoms with Crippen LogP contribution >= 0.6 is 0 Å². The second kappa shape index (κ2) is 11.2. The zero-order chi connectivity index (χ0) is 23.0. The van der Waals surface area contributed by atoms with Crippen LogP contribution in [0.25, 0.3) is 0 Å². The molecule has 0 bridgehead atoms. The first-order valence-electron chi connectivity index (χ1n) is 11.5. The van der Waals surface area contributed by atoms with E-state index in [9.17, 15) is 13.6 Å². The van der Waals surface area contributed by atoms with Crippen LogP contribution in [0.1, 0.15) is 12.8 Å². The number of benzene rings is 1. The van der Waals surface area contributed by atoms with Gasteiger partial charge in [-0.25, -0.2) is 23.5 Å². The van der Waals surface area contributed by atoms with Gasteiger partial charge in [0.1, 0.15) is 0 Å². The average molecular weight is 460 g/mol. The molecule has 0 radical (unpaired) electrons. The zero-order valence-electron chi connectivity index (χ0n) is 18.7. The Hall–Kier alpha value is -3.01. The van der Waals surface area contributed by atoms with E-state index >= 15 is 0 Å². The maximum Gasteiger partial charge on any atom is 0.314 e. The molecule has 8 nitrogen and oxygen atoms in total. The molecule has 1 aromatic carbocycles. The van der Waals surface area contributed by atoms with E-state index in [1.165, 1.54) is 6.07 Å². The van der Waals surface area contributed by atoms with E-state index in [2.05, 4.69) is 30.4 Å². The van der Waals surface area contributed by atoms with Crippen molar-refractivity contribution < 1.29 is 13.6 Å². The SMILES string of the molecule is O=C(NCCCN1CCN(c2ncccn2)CC1)NCC1CCN(c2ccc(F)c(F)c2)C1. The normalized spacial score (nSPS) is 19.0. The highest BCUT2D eigenvalue weighted by Crippen LogP contribution is 2.25. The summed E-state index contributed by atoms with van der Waals surface area (Å²) in [6.07, 6.45) is 5.32. The monoisotopic (exact) mass is 459 g/mol. The number of aromatic nitrogens is 2. The van der Waals surface area contributed by atoms with Crippen molar-refractivity contribution in [2.75, 3.05) is 68.7 Å². The predicted molar refractivity (Wildman–Crippen MR) is 123 cm³/mol. The van der Waals surface area contributed by atoms with Gasteiger partial charge in [0.25, 0.3) is 0 Å². The molecule has 2 aliphatic heterocycles. The molecule has 2 fully saturated rings. The van der Waals surface area contributed by atoms with Gasteiger partial charge in [-0.3, -0.25) is 4.90 Å². The summed E-state index contributed by atoms with van der Waals surface area (Å²) in [5.74, 6) is -0.600. The summed E-state index contributed by atoms with van der Waals surface area (Å²) >= 11 is 0. The van der Waals surface area contributed by atoms with Gasteiger partial charge < -0.3 is 20.4 Å². The van der Waals surface area contributed by atoms with Crippen LogP contribution in [0.4, 0.5) is 25.2 Å². The van der Waals surface area contributed by atoms with Crippen molar-refractivity contribution in [3.8, 4) is 0 Å². The minimum Gasteiger partial charge on any atom is -0.371 e. The fourth-order valence-electron chi connectivity index (χ4n) is 4.35. The Labute approximate surface area is 193 Å². The van der Waals surface area contributed by atoms with Gasteiger partial charge in [0.05, 0.1) is 0 Å². The molecule has 1 atom stereocenters. The molecule has 0 aliphatic carbocycles. The Balaban J connectivity index is 1.07. The predicted octanol–water partition coefficient (Wildman–Crippen LogP) is 2.09. The number of hydrogen-bond donors (Lipinski definition) is 2. The quantitative estimate of drug-likeness (QED) is 0.589. The Bertz CT molecular complexity index is 909. The molecule has 178 valence electrons. The van der Waals surface area contributed by atoms with E-state index in [-0.39, 0.29) is 11.9 Å². The Kier molecular flexibility index (Phi) is 7.87. The van der Waals surface area contributed by atoms with Crippen molar-refractivity contribution in [3.05, 3.63) is 48.3 Å². The van der Waals surface area contributed by atoms with E-state index in [4.69, 9.17) is 0 Å². The molecule has 2 saturated heterocycles. The minimum absolute atomic E-state index is 0.160. The maximum absolute atomic E-state index is 13.5. The Morgan fingerprint density at radius 2 is 1.79 bits per heavy atom. The third kappa shape index (κ3) is 6.50. The van der Waals surface area contributed by atoms with E-state index in [1.807, 2.05) is 11.0 Å². The highest BCUT2D eigenvalue weighted by Gasteiger charge is 2.24. The smallest absolute Gasteiger partial charge is 0.314 e. The molecule has 2 amide bonds. The lowest BCUT2D eigenvalue weighted by molar-refractivity contribution is 0.234. The van der Waals surface area contributed by atoms with Gasteiger partial charge >= 0.3 is 6.03 Å². The zero-order valence-corrected chi connectivity index (χ0v) is 18.7. The molecule has 3 heterocycles. The van der Waals surface area contributed by atoms with Crippen molar-refractivity contribution in [2.45, 2.75) is 12.8 Å². The van der Waals surface area contributed by atoms with Crippen LogP contribution in [0.3, 0.4) is 0 Å². The summed E-state index contributed by atoms with van der Waals surface area (Å²) in [7, 11) is 0. The highest BCUT2D eigenvalue weighted by molar-refractivity contribution is 5.73. The summed E-state index contributed by atoms with van der Waals surface area (Å²) in [5, 5.41) is 5.86. The van der Waals surface area contributed by atoms with Gasteiger partial charge in [-0.15, -0.1) is 0 Å². The van der Waals surface area contributed by atoms with Crippen LogP contribution < -0.4 is 20.4 Å². The van der Waals surface area contributed by atoms with E-state index < -0.39 is 11.6 Å². The fraction of sp³-hybridized carbons (Fsp3) is 0.522. The lowest BCUT2D eigenvalue weighted by Gasteiger charge is -2.34. The van der Waals surface area contributed by atoms with Gasteiger partial charge in [0.2, 0.25) is 5.95 Å². The number of hydrogen-bond acceptors (Lipinski definition) is 6. The van der Waals surface area contributed by atoms with Crippen LogP contribution in [-0.2, 0) is 0 Å². The van der Waals surface area contributed by atoms with Crippen molar-refractivity contribution >= 4 is 17.7 Å². The van der Waals surface area contributed by atoms with E-state index in [0.717, 1.165) is 64.1 Å². The van der Waals surface area contributed by atoms with Gasteiger partial charge in [-0.1, -0.05) is 0 Å². The largest absolute Gasteiger partial charge is 0.371 e. The van der Waals surface area contributed by atoms with Crippen molar-refractivity contribution in [2.24, 2.45) is 5.92 Å². The third-order valence-corrected chi connectivity index (χ3v) is 6.25. The first-order chi connectivity index (χ1) is 16.1. The number of carbonyl (C=O) groups is 1. The molecule has 2 N–H and O–H groups in total. The summed E-state index contributed by atoms with van der Waals surface area (Å²) < 4.78 is 26.6. The van der Waals surface area contributed by atoms with Crippen molar-refractivity contribution in [3.63, 3.8) is 0 Å². The molecule has 10 heteroatoms. The summed E-state index contributed by atoms with van der Waals surface area (Å²) in [5.41, 5.74) is 0.679. The molecule has 1 unspecified atom stereocenters. The Morgan fingerprint density at radius 1 is 1.00 bits per heavy atom. The molecule has 4 rings (SSSR count). The van der Waals surface area contributed by atoms with Crippen molar-refractivity contribution in [1.29, 1.82) is 0 Å². The van der Waals surface area contributed by atoms with Gasteiger partial charge in [-0.2, -0.15) is 0 Å². The third-order valence-electron chi connectivity index (χ3n) is 6.25. The number of anilines is 2. The number of carbonyl (C=O) groups excluding carboxylic acids is 1. The van der Waals surface area contributed by atoms with Gasteiger partial charge in [-0.05, 0) is 43.5 Å². The average Bonchev–Trinajstić information content (AvgIpc) is 3.32. The standard InChI is InChI=1S/C23H31F2N7O/c24-20-4-3-19(15-21(20)25)32-10-5-18(17-32)16-29-23(33)28-8-2-9-30-11-13-31(14-12-30)22-26-6-1-7-27-22/h1,3-4,6-7,15,18H,2,5,8-14,16-17H2,(H2,28,29,33). The molecule has 0 spiro atoms. The molecular formula is C23H31F2N7O. The molecule has 33 heavy (non-hydrogen) atoms. The number of rotatable bonds is 8. The summed E-state index contributed by atoms with van der Waals surface area (Å²) in [4.78, 5) is 27.3. The number of halogens is 2. The van der Waals surface area contributed by atoms with Crippen LogP contribution in [0.2, 0.25) is 0 Å². The number of nitrogens with one attached hydrogen (secondary N) is 2. The first-order valence-corrected chi connectivity index (χ1v) is 11.5. The van der Waals surface area contributed by atoms with E-state index in [0.29, 0.717) is 25.3 Å². The highest BCUT2D eigenvalue weighted by atomic mass is 19.2. The number of amides is 2. The fourth-order valence-corrected chi connectivity index (χ4v) is 4.35. The van der Waals surface area contributed by atoms with Gasteiger partial charge in [0.15, 0.2) is 11.6 Å². The second-order valence-electron chi connectivity index (χ2n) is 8.57. The molecule has 1 aromatic heterocycles. The van der Waals surface area contributed by atoms with E-state index in [1.54, 1.807) is 18.5 Å². The number of piperazine rings is 1. The van der Waals surface area contributed by atoms with Crippen LogP contribution in [0.15, 0.2) is 36.7 Å². The molecule has 2 aromatic rings.